The van der Waals surface area contributed by atoms with Gasteiger partial charge >= 0.3 is 0 Å². The first kappa shape index (κ1) is 22.5. The van der Waals surface area contributed by atoms with Gasteiger partial charge in [-0.25, -0.2) is 9.97 Å². The molecule has 0 amide bonds. The van der Waals surface area contributed by atoms with Crippen molar-refractivity contribution in [1.29, 1.82) is 5.26 Å². The van der Waals surface area contributed by atoms with Crippen LogP contribution in [0, 0.1) is 18.3 Å². The van der Waals surface area contributed by atoms with Crippen LogP contribution in [0.3, 0.4) is 0 Å². The van der Waals surface area contributed by atoms with Crippen LogP contribution in [-0.4, -0.2) is 14.5 Å². The molecule has 0 saturated carbocycles. The molecule has 0 spiro atoms. The number of hydrogen-bond acceptors (Lipinski definition) is 4. The Balaban J connectivity index is 1.41. The van der Waals surface area contributed by atoms with Crippen LogP contribution in [0.4, 0.5) is 11.5 Å². The highest BCUT2D eigenvalue weighted by Gasteiger charge is 2.18. The normalized spacial score (nSPS) is 11.1. The van der Waals surface area contributed by atoms with Gasteiger partial charge in [-0.2, -0.15) is 5.26 Å². The fourth-order valence-electron chi connectivity index (χ4n) is 4.94. The molecule has 6 aromatic rings. The Kier molecular flexibility index (Phi) is 5.63. The Morgan fingerprint density at radius 2 is 1.57 bits per heavy atom. The average molecular weight is 480 g/mol. The first-order valence-electron chi connectivity index (χ1n) is 12.4. The molecule has 37 heavy (non-hydrogen) atoms. The Labute approximate surface area is 215 Å². The molecule has 0 aliphatic rings. The molecule has 4 aromatic carbocycles. The van der Waals surface area contributed by atoms with Crippen LogP contribution in [0.2, 0.25) is 0 Å². The summed E-state index contributed by atoms with van der Waals surface area (Å²) >= 11 is 0. The minimum atomic E-state index is 0.680. The van der Waals surface area contributed by atoms with Crippen LogP contribution in [0.15, 0.2) is 97.1 Å². The van der Waals surface area contributed by atoms with Crippen molar-refractivity contribution in [2.75, 3.05) is 5.32 Å². The number of aryl methyl sites for hydroxylation is 2. The largest absolute Gasteiger partial charge is 0.340 e. The maximum absolute atomic E-state index is 10.0. The lowest BCUT2D eigenvalue weighted by Crippen LogP contribution is -2.00. The zero-order chi connectivity index (χ0) is 25.4. The number of nitrogens with zero attached hydrogens (tertiary/aromatic N) is 4. The number of anilines is 2. The Morgan fingerprint density at radius 1 is 0.811 bits per heavy atom. The Hall–Kier alpha value is -4.95. The molecule has 5 nitrogen and oxygen atoms in total. The van der Waals surface area contributed by atoms with Gasteiger partial charge in [0.2, 0.25) is 0 Å². The van der Waals surface area contributed by atoms with Crippen molar-refractivity contribution in [3.05, 3.63) is 108 Å². The number of nitriles is 1. The second-order valence-electron chi connectivity index (χ2n) is 9.08. The van der Waals surface area contributed by atoms with Crippen molar-refractivity contribution < 1.29 is 0 Å². The van der Waals surface area contributed by atoms with E-state index in [0.717, 1.165) is 56.7 Å². The summed E-state index contributed by atoms with van der Waals surface area (Å²) in [5, 5.41) is 15.5. The number of fused-ring (bicyclic) bond motifs is 2. The highest BCUT2D eigenvalue weighted by atomic mass is 15.0. The third-order valence-corrected chi connectivity index (χ3v) is 6.70. The summed E-state index contributed by atoms with van der Waals surface area (Å²) < 4.78 is 2.23. The molecule has 5 heteroatoms. The second-order valence-corrected chi connectivity index (χ2v) is 9.08. The molecule has 0 saturated heterocycles. The summed E-state index contributed by atoms with van der Waals surface area (Å²) in [5.74, 6) is 1.44. The topological polar surface area (TPSA) is 66.5 Å². The van der Waals surface area contributed by atoms with Crippen LogP contribution in [-0.2, 0) is 6.54 Å². The predicted molar refractivity (Wildman–Crippen MR) is 151 cm³/mol. The molecule has 0 aliphatic heterocycles. The van der Waals surface area contributed by atoms with Gasteiger partial charge in [0.25, 0.3) is 0 Å². The molecule has 178 valence electrons. The number of nitrogens with one attached hydrogen (secondary N) is 1. The zero-order valence-corrected chi connectivity index (χ0v) is 20.7. The number of aromatic nitrogens is 3. The quantitative estimate of drug-likeness (QED) is 0.273. The molecule has 0 radical (unpaired) electrons. The number of benzene rings is 4. The maximum atomic E-state index is 10.0. The van der Waals surface area contributed by atoms with Gasteiger partial charge in [-0.1, -0.05) is 66.7 Å². The molecule has 6 rings (SSSR count). The fraction of sp³-hybridized carbons (Fsp3) is 0.0938. The number of para-hydroxylation sites is 1. The van der Waals surface area contributed by atoms with Gasteiger partial charge in [0.05, 0.1) is 22.3 Å². The molecular weight excluding hydrogens is 454 g/mol. The van der Waals surface area contributed by atoms with Crippen molar-refractivity contribution in [1.82, 2.24) is 14.5 Å². The third-order valence-electron chi connectivity index (χ3n) is 6.70. The Bertz CT molecular complexity index is 1790. The van der Waals surface area contributed by atoms with E-state index >= 15 is 0 Å². The second kappa shape index (κ2) is 9.25. The minimum Gasteiger partial charge on any atom is -0.340 e. The molecule has 0 unspecified atom stereocenters. The van der Waals surface area contributed by atoms with Crippen LogP contribution in [0.1, 0.15) is 18.1 Å². The Morgan fingerprint density at radius 3 is 2.32 bits per heavy atom. The van der Waals surface area contributed by atoms with Gasteiger partial charge in [0.1, 0.15) is 11.9 Å². The summed E-state index contributed by atoms with van der Waals surface area (Å²) in [6, 6.07) is 35.0. The molecule has 2 aromatic heterocycles. The smallest absolute Gasteiger partial charge is 0.162 e. The summed E-state index contributed by atoms with van der Waals surface area (Å²) in [6.45, 7) is 4.98. The molecule has 2 heterocycles. The molecule has 0 atom stereocenters. The van der Waals surface area contributed by atoms with Gasteiger partial charge in [-0.3, -0.25) is 0 Å². The highest BCUT2D eigenvalue weighted by molar-refractivity contribution is 5.95. The molecule has 0 bridgehead atoms. The monoisotopic (exact) mass is 479 g/mol. The van der Waals surface area contributed by atoms with Gasteiger partial charge in [0, 0.05) is 28.6 Å². The van der Waals surface area contributed by atoms with Crippen molar-refractivity contribution >= 4 is 33.3 Å². The van der Waals surface area contributed by atoms with E-state index in [1.54, 1.807) is 0 Å². The first-order chi connectivity index (χ1) is 18.2. The van der Waals surface area contributed by atoms with Gasteiger partial charge in [-0.05, 0) is 55.3 Å². The third kappa shape index (κ3) is 3.99. The standard InChI is InChI=1S/C32H25N5/c1-3-37-29-19-21(2)13-18-25(29)27(20-33)30(37)22-14-16-24(17-15-22)34-32-26-11-7-8-12-28(26)35-31(36-32)23-9-5-4-6-10-23/h4-19H,3H2,1-2H3,(H,34,35,36). The maximum Gasteiger partial charge on any atom is 0.162 e. The van der Waals surface area contributed by atoms with E-state index < -0.39 is 0 Å². The van der Waals surface area contributed by atoms with Gasteiger partial charge < -0.3 is 9.88 Å². The van der Waals surface area contributed by atoms with E-state index in [1.165, 1.54) is 5.56 Å². The average Bonchev–Trinajstić information content (AvgIpc) is 3.26. The lowest BCUT2D eigenvalue weighted by Gasteiger charge is -2.13. The van der Waals surface area contributed by atoms with Crippen LogP contribution in [0.5, 0.6) is 0 Å². The number of hydrogen-bond donors (Lipinski definition) is 1. The van der Waals surface area contributed by atoms with Crippen LogP contribution >= 0.6 is 0 Å². The molecular formula is C32H25N5. The van der Waals surface area contributed by atoms with E-state index in [-0.39, 0.29) is 0 Å². The summed E-state index contributed by atoms with van der Waals surface area (Å²) in [6.07, 6.45) is 0. The zero-order valence-electron chi connectivity index (χ0n) is 20.7. The SMILES string of the molecule is CCn1c(-c2ccc(Nc3nc(-c4ccccc4)nc4ccccc34)cc2)c(C#N)c2ccc(C)cc21. The van der Waals surface area contributed by atoms with Gasteiger partial charge in [-0.15, -0.1) is 0 Å². The van der Waals surface area contributed by atoms with E-state index in [4.69, 9.17) is 9.97 Å². The van der Waals surface area contributed by atoms with Crippen molar-refractivity contribution in [3.63, 3.8) is 0 Å². The summed E-state index contributed by atoms with van der Waals surface area (Å²) in [7, 11) is 0. The molecule has 0 fully saturated rings. The number of rotatable bonds is 5. The van der Waals surface area contributed by atoms with Crippen LogP contribution < -0.4 is 5.32 Å². The summed E-state index contributed by atoms with van der Waals surface area (Å²) in [4.78, 5) is 9.65. The van der Waals surface area contributed by atoms with E-state index in [0.29, 0.717) is 11.4 Å². The van der Waals surface area contributed by atoms with Gasteiger partial charge in [0.15, 0.2) is 5.82 Å². The van der Waals surface area contributed by atoms with E-state index in [1.807, 2.05) is 66.7 Å². The molecule has 0 aliphatic carbocycles. The minimum absolute atomic E-state index is 0.680. The van der Waals surface area contributed by atoms with Crippen molar-refractivity contribution in [2.24, 2.45) is 0 Å². The lowest BCUT2D eigenvalue weighted by molar-refractivity contribution is 0.804. The summed E-state index contributed by atoms with van der Waals surface area (Å²) in [5.41, 5.74) is 7.73. The molecule has 1 N–H and O–H groups in total. The lowest BCUT2D eigenvalue weighted by atomic mass is 10.0. The van der Waals surface area contributed by atoms with Crippen molar-refractivity contribution in [2.45, 2.75) is 20.4 Å². The van der Waals surface area contributed by atoms with Crippen molar-refractivity contribution in [3.8, 4) is 28.7 Å². The van der Waals surface area contributed by atoms with E-state index in [9.17, 15) is 5.26 Å². The fourth-order valence-corrected chi connectivity index (χ4v) is 4.94. The highest BCUT2D eigenvalue weighted by Crippen LogP contribution is 2.35. The first-order valence-corrected chi connectivity index (χ1v) is 12.4. The van der Waals surface area contributed by atoms with E-state index in [2.05, 4.69) is 60.1 Å². The predicted octanol–water partition coefficient (Wildman–Crippen LogP) is 7.86. The van der Waals surface area contributed by atoms with Crippen LogP contribution in [0.25, 0.3) is 44.5 Å².